The van der Waals surface area contributed by atoms with Crippen LogP contribution in [0, 0.1) is 11.2 Å². The molecule has 2 bridgehead atoms. The van der Waals surface area contributed by atoms with Crippen molar-refractivity contribution >= 4 is 35.0 Å². The van der Waals surface area contributed by atoms with Gasteiger partial charge in [0, 0.05) is 30.1 Å². The minimum Gasteiger partial charge on any atom is -0.484 e. The van der Waals surface area contributed by atoms with Gasteiger partial charge >= 0.3 is 6.09 Å². The van der Waals surface area contributed by atoms with Crippen molar-refractivity contribution in [3.8, 4) is 5.75 Å². The molecule has 3 fully saturated rings. The van der Waals surface area contributed by atoms with Crippen molar-refractivity contribution in [2.45, 2.75) is 64.0 Å². The second kappa shape index (κ2) is 9.97. The van der Waals surface area contributed by atoms with Gasteiger partial charge in [0.25, 0.3) is 5.91 Å². The molecule has 1 aromatic carbocycles. The first-order valence-electron chi connectivity index (χ1n) is 12.9. The van der Waals surface area contributed by atoms with E-state index in [1.165, 1.54) is 18.3 Å². The second-order valence-corrected chi connectivity index (χ2v) is 12.2. The molecular formula is C28H31ClFN3O6. The fourth-order valence-corrected chi connectivity index (χ4v) is 5.84. The van der Waals surface area contributed by atoms with Gasteiger partial charge < -0.3 is 24.1 Å². The third-order valence-electron chi connectivity index (χ3n) is 7.20. The Morgan fingerprint density at radius 1 is 1.23 bits per heavy atom. The van der Waals surface area contributed by atoms with E-state index in [4.69, 9.17) is 25.5 Å². The van der Waals surface area contributed by atoms with Crippen LogP contribution in [0.4, 0.5) is 9.18 Å². The second-order valence-electron chi connectivity index (χ2n) is 11.8. The highest BCUT2D eigenvalue weighted by molar-refractivity contribution is 6.30. The monoisotopic (exact) mass is 559 g/mol. The number of ether oxygens (including phenoxy) is 2. The molecule has 2 heterocycles. The van der Waals surface area contributed by atoms with Crippen LogP contribution >= 0.6 is 11.6 Å². The molecule has 208 valence electrons. The highest BCUT2D eigenvalue weighted by atomic mass is 35.5. The molecule has 11 heteroatoms. The van der Waals surface area contributed by atoms with Crippen LogP contribution in [0.25, 0.3) is 5.57 Å². The molecule has 0 atom stereocenters. The molecule has 0 unspecified atom stereocenters. The summed E-state index contributed by atoms with van der Waals surface area (Å²) in [6, 6.07) is 4.00. The summed E-state index contributed by atoms with van der Waals surface area (Å²) < 4.78 is 30.1. The first-order chi connectivity index (χ1) is 18.3. The van der Waals surface area contributed by atoms with E-state index in [0.717, 1.165) is 11.6 Å². The Kier molecular flexibility index (Phi) is 6.95. The normalized spacial score (nSPS) is 23.7. The van der Waals surface area contributed by atoms with Crippen LogP contribution in [0.1, 0.15) is 69.3 Å². The zero-order chi connectivity index (χ0) is 28.0. The predicted molar refractivity (Wildman–Crippen MR) is 140 cm³/mol. The first-order valence-corrected chi connectivity index (χ1v) is 13.3. The van der Waals surface area contributed by atoms with Crippen LogP contribution in [0.2, 0.25) is 5.02 Å². The van der Waals surface area contributed by atoms with Crippen molar-refractivity contribution in [2.24, 2.45) is 5.41 Å². The molecule has 3 aliphatic carbocycles. The van der Waals surface area contributed by atoms with Gasteiger partial charge in [-0.2, -0.15) is 0 Å². The zero-order valence-electron chi connectivity index (χ0n) is 22.1. The van der Waals surface area contributed by atoms with E-state index in [2.05, 4.69) is 10.3 Å². The molecule has 0 radical (unpaired) electrons. The lowest BCUT2D eigenvalue weighted by molar-refractivity contribution is -0.164. The molecule has 2 amide bonds. The number of rotatable bonds is 8. The number of aromatic nitrogens is 1. The van der Waals surface area contributed by atoms with Gasteiger partial charge in [-0.1, -0.05) is 17.7 Å². The summed E-state index contributed by atoms with van der Waals surface area (Å²) in [5, 5.41) is 2.97. The fraction of sp³-hybridized carbons (Fsp3) is 0.500. The van der Waals surface area contributed by atoms with Gasteiger partial charge in [0.2, 0.25) is 5.89 Å². The van der Waals surface area contributed by atoms with E-state index < -0.39 is 17.5 Å². The summed E-state index contributed by atoms with van der Waals surface area (Å²) in [5.41, 5.74) is -0.330. The van der Waals surface area contributed by atoms with Crippen LogP contribution in [-0.2, 0) is 9.53 Å². The van der Waals surface area contributed by atoms with Crippen molar-refractivity contribution in [1.82, 2.24) is 15.2 Å². The molecule has 4 aliphatic rings. The molecule has 1 N–H and O–H groups in total. The Bertz CT molecular complexity index is 1330. The number of amides is 2. The standard InChI is InChI=1S/C28H31ClFN3O6/c1-26(2,3)39-25(36)33-8-4-5-17(12-33)24-31-11-22(38-24)21(34)10-27-14-28(15-27,16-27)32-23(35)13-37-18-6-7-19(29)20(30)9-18/h5-7,9,11H,4,8,10,12-16H2,1-3H3,(H,32,35). The Labute approximate surface area is 230 Å². The van der Waals surface area contributed by atoms with E-state index in [9.17, 15) is 18.8 Å². The zero-order valence-corrected chi connectivity index (χ0v) is 22.9. The number of hydrogen-bond acceptors (Lipinski definition) is 7. The van der Waals surface area contributed by atoms with Crippen LogP contribution in [0.5, 0.6) is 5.75 Å². The first kappa shape index (κ1) is 27.2. The number of carbonyl (C=O) groups excluding carboxylic acids is 3. The summed E-state index contributed by atoms with van der Waals surface area (Å²) in [6.07, 6.45) is 6.04. The number of hydrogen-bond donors (Lipinski definition) is 1. The predicted octanol–water partition coefficient (Wildman–Crippen LogP) is 5.18. The minimum atomic E-state index is -0.613. The Morgan fingerprint density at radius 2 is 1.97 bits per heavy atom. The van der Waals surface area contributed by atoms with Crippen molar-refractivity contribution < 1.29 is 32.7 Å². The van der Waals surface area contributed by atoms with E-state index >= 15 is 0 Å². The molecule has 39 heavy (non-hydrogen) atoms. The number of nitrogens with one attached hydrogen (secondary N) is 1. The smallest absolute Gasteiger partial charge is 0.410 e. The van der Waals surface area contributed by atoms with Gasteiger partial charge in [0.1, 0.15) is 17.2 Å². The van der Waals surface area contributed by atoms with Gasteiger partial charge in [0.15, 0.2) is 18.2 Å². The van der Waals surface area contributed by atoms with Crippen LogP contribution in [0.15, 0.2) is 34.9 Å². The number of ketones is 1. The third-order valence-corrected chi connectivity index (χ3v) is 7.51. The van der Waals surface area contributed by atoms with Gasteiger partial charge in [0.05, 0.1) is 17.8 Å². The maximum Gasteiger partial charge on any atom is 0.410 e. The van der Waals surface area contributed by atoms with E-state index in [1.807, 2.05) is 26.8 Å². The third kappa shape index (κ3) is 5.95. The van der Waals surface area contributed by atoms with E-state index in [1.54, 1.807) is 4.90 Å². The molecule has 0 spiro atoms. The lowest BCUT2D eigenvalue weighted by Crippen LogP contribution is -2.75. The van der Waals surface area contributed by atoms with Gasteiger partial charge in [-0.25, -0.2) is 14.2 Å². The number of Topliss-reactive ketones (excluding diaryl/α,β-unsaturated/α-hetero) is 1. The van der Waals surface area contributed by atoms with Crippen molar-refractivity contribution in [3.05, 3.63) is 53.0 Å². The summed E-state index contributed by atoms with van der Waals surface area (Å²) >= 11 is 5.66. The number of halogens is 2. The molecule has 0 saturated heterocycles. The van der Waals surface area contributed by atoms with Crippen LogP contribution in [-0.4, -0.2) is 58.5 Å². The van der Waals surface area contributed by atoms with Crippen LogP contribution < -0.4 is 10.1 Å². The molecule has 3 saturated carbocycles. The average molecular weight is 560 g/mol. The highest BCUT2D eigenvalue weighted by Crippen LogP contribution is 2.69. The molecule has 2 aromatic rings. The van der Waals surface area contributed by atoms with Crippen molar-refractivity contribution in [1.29, 1.82) is 0 Å². The minimum absolute atomic E-state index is 0.0158. The molecular weight excluding hydrogens is 529 g/mol. The number of nitrogens with zero attached hydrogens (tertiary/aromatic N) is 2. The topological polar surface area (TPSA) is 111 Å². The maximum atomic E-state index is 13.5. The van der Waals surface area contributed by atoms with Gasteiger partial charge in [-0.05, 0) is 64.0 Å². The molecule has 9 nitrogen and oxygen atoms in total. The number of benzene rings is 1. The maximum absolute atomic E-state index is 13.5. The van der Waals surface area contributed by atoms with Crippen molar-refractivity contribution in [3.63, 3.8) is 0 Å². The Hall–Kier alpha value is -3.40. The SMILES string of the molecule is CC(C)(C)OC(=O)N1CCC=C(c2ncc(C(=O)CC34CC(NC(=O)COc5ccc(Cl)c(F)c5)(C3)C4)o2)C1. The summed E-state index contributed by atoms with van der Waals surface area (Å²) in [6.45, 7) is 6.06. The largest absolute Gasteiger partial charge is 0.484 e. The fourth-order valence-electron chi connectivity index (χ4n) is 5.73. The van der Waals surface area contributed by atoms with Crippen LogP contribution in [0.3, 0.4) is 0 Å². The summed E-state index contributed by atoms with van der Waals surface area (Å²) in [7, 11) is 0. The summed E-state index contributed by atoms with van der Waals surface area (Å²) in [5.74, 6) is -0.314. The number of carbonyl (C=O) groups is 3. The Balaban J connectivity index is 1.09. The quantitative estimate of drug-likeness (QED) is 0.443. The Morgan fingerprint density at radius 3 is 2.67 bits per heavy atom. The summed E-state index contributed by atoms with van der Waals surface area (Å²) in [4.78, 5) is 43.6. The molecule has 1 aromatic heterocycles. The lowest BCUT2D eigenvalue weighted by Gasteiger charge is -2.70. The van der Waals surface area contributed by atoms with Crippen molar-refractivity contribution in [2.75, 3.05) is 19.7 Å². The average Bonchev–Trinajstić information content (AvgIpc) is 3.32. The van der Waals surface area contributed by atoms with Gasteiger partial charge in [-0.3, -0.25) is 9.59 Å². The van der Waals surface area contributed by atoms with Gasteiger partial charge in [-0.15, -0.1) is 0 Å². The van der Waals surface area contributed by atoms with E-state index in [0.29, 0.717) is 51.1 Å². The highest BCUT2D eigenvalue weighted by Gasteiger charge is 2.68. The molecule has 1 aliphatic heterocycles. The van der Waals surface area contributed by atoms with E-state index in [-0.39, 0.29) is 45.8 Å². The lowest BCUT2D eigenvalue weighted by atomic mass is 9.38. The molecule has 6 rings (SSSR count). The number of oxazole rings is 1.